The Morgan fingerprint density at radius 2 is 2.26 bits per heavy atom. The third-order valence-electron chi connectivity index (χ3n) is 4.89. The summed E-state index contributed by atoms with van der Waals surface area (Å²) in [6, 6.07) is 2.22. The van der Waals surface area contributed by atoms with Crippen LogP contribution < -0.4 is 5.32 Å². The maximum Gasteiger partial charge on any atom is 0.233 e. The van der Waals surface area contributed by atoms with Crippen molar-refractivity contribution in [2.24, 2.45) is 5.41 Å². The highest BCUT2D eigenvalue weighted by Crippen LogP contribution is 2.33. The summed E-state index contributed by atoms with van der Waals surface area (Å²) in [4.78, 5) is 16.6. The Labute approximate surface area is 142 Å². The molecule has 2 saturated heterocycles. The number of carbonyl (C=O) groups is 1. The number of piperidine rings is 1. The van der Waals surface area contributed by atoms with Crippen LogP contribution in [-0.2, 0) is 16.1 Å². The zero-order valence-electron chi connectivity index (χ0n) is 13.9. The lowest BCUT2D eigenvalue weighted by Crippen LogP contribution is -2.51. The second kappa shape index (κ2) is 7.75. The predicted molar refractivity (Wildman–Crippen MR) is 92.6 cm³/mol. The number of nitrogens with one attached hydrogen (secondary N) is 1. The Kier molecular flexibility index (Phi) is 5.69. The van der Waals surface area contributed by atoms with E-state index in [0.29, 0.717) is 6.54 Å². The Hall–Kier alpha value is -0.950. The Balaban J connectivity index is 1.64. The van der Waals surface area contributed by atoms with E-state index >= 15 is 0 Å². The molecule has 2 fully saturated rings. The van der Waals surface area contributed by atoms with Gasteiger partial charge < -0.3 is 10.1 Å². The molecule has 1 N–H and O–H groups in total. The Morgan fingerprint density at radius 3 is 3.04 bits per heavy atom. The number of rotatable bonds is 4. The first-order chi connectivity index (χ1) is 11.2. The molecule has 1 amide bonds. The highest BCUT2D eigenvalue weighted by atomic mass is 32.1. The smallest absolute Gasteiger partial charge is 0.233 e. The molecular formula is C17H27N3O2S. The number of thiophene rings is 1. The fraction of sp³-hybridized carbons (Fsp3) is 0.706. The normalized spacial score (nSPS) is 27.0. The molecule has 6 heteroatoms. The number of likely N-dealkylation sites (N-methyl/N-ethyl adjacent to an activating group) is 1. The van der Waals surface area contributed by atoms with Gasteiger partial charge in [0.25, 0.3) is 0 Å². The highest BCUT2D eigenvalue weighted by molar-refractivity contribution is 7.07. The van der Waals surface area contributed by atoms with Gasteiger partial charge in [0.05, 0.1) is 19.8 Å². The minimum atomic E-state index is 0.0907. The fourth-order valence-corrected chi connectivity index (χ4v) is 4.49. The van der Waals surface area contributed by atoms with Crippen molar-refractivity contribution in [3.63, 3.8) is 0 Å². The number of carbonyl (C=O) groups excluding carboxylic acids is 1. The molecule has 3 rings (SSSR count). The van der Waals surface area contributed by atoms with Crippen molar-refractivity contribution in [3.8, 4) is 0 Å². The molecule has 0 radical (unpaired) electrons. The second-order valence-electron chi connectivity index (χ2n) is 6.88. The number of amides is 1. The van der Waals surface area contributed by atoms with Crippen molar-refractivity contribution in [1.29, 1.82) is 0 Å². The van der Waals surface area contributed by atoms with E-state index in [9.17, 15) is 4.79 Å². The van der Waals surface area contributed by atoms with Crippen molar-refractivity contribution in [2.45, 2.75) is 19.4 Å². The number of nitrogens with zero attached hydrogens (tertiary/aromatic N) is 2. The largest absolute Gasteiger partial charge is 0.379 e. The van der Waals surface area contributed by atoms with Gasteiger partial charge in [-0.25, -0.2) is 0 Å². The van der Waals surface area contributed by atoms with Crippen LogP contribution in [0.5, 0.6) is 0 Å². The molecule has 128 valence electrons. The number of hydrogen-bond acceptors (Lipinski definition) is 5. The fourth-order valence-electron chi connectivity index (χ4n) is 3.83. The van der Waals surface area contributed by atoms with E-state index in [2.05, 4.69) is 31.9 Å². The Morgan fingerprint density at radius 1 is 1.39 bits per heavy atom. The van der Waals surface area contributed by atoms with Crippen LogP contribution in [0.15, 0.2) is 16.8 Å². The van der Waals surface area contributed by atoms with Crippen molar-refractivity contribution in [2.75, 3.05) is 53.0 Å². The first kappa shape index (κ1) is 16.9. The second-order valence-corrected chi connectivity index (χ2v) is 7.66. The van der Waals surface area contributed by atoms with E-state index in [1.54, 1.807) is 18.4 Å². The van der Waals surface area contributed by atoms with Gasteiger partial charge in [-0.15, -0.1) is 0 Å². The van der Waals surface area contributed by atoms with Crippen molar-refractivity contribution < 1.29 is 9.53 Å². The van der Waals surface area contributed by atoms with E-state index in [1.165, 1.54) is 18.4 Å². The van der Waals surface area contributed by atoms with Crippen molar-refractivity contribution >= 4 is 17.2 Å². The monoisotopic (exact) mass is 337 g/mol. The molecule has 0 saturated carbocycles. The van der Waals surface area contributed by atoms with E-state index < -0.39 is 0 Å². The molecule has 1 aromatic rings. The molecule has 0 unspecified atom stereocenters. The zero-order chi connectivity index (χ0) is 16.1. The summed E-state index contributed by atoms with van der Waals surface area (Å²) in [5.41, 5.74) is 1.57. The summed E-state index contributed by atoms with van der Waals surface area (Å²) in [6.07, 6.45) is 2.40. The van der Waals surface area contributed by atoms with Gasteiger partial charge in [-0.05, 0) is 41.8 Å². The summed E-state index contributed by atoms with van der Waals surface area (Å²) in [5.74, 6) is 0.0907. The maximum absolute atomic E-state index is 11.7. The predicted octanol–water partition coefficient (Wildman–Crippen LogP) is 1.41. The third-order valence-corrected chi connectivity index (χ3v) is 5.62. The van der Waals surface area contributed by atoms with Crippen LogP contribution in [0, 0.1) is 5.41 Å². The molecule has 0 bridgehead atoms. The summed E-state index contributed by atoms with van der Waals surface area (Å²) >= 11 is 1.76. The molecule has 23 heavy (non-hydrogen) atoms. The summed E-state index contributed by atoms with van der Waals surface area (Å²) in [7, 11) is 1.70. The van der Waals surface area contributed by atoms with E-state index in [0.717, 1.165) is 45.9 Å². The maximum atomic E-state index is 11.7. The first-order valence-electron chi connectivity index (χ1n) is 8.43. The number of likely N-dealkylation sites (tertiary alicyclic amines) is 1. The average Bonchev–Trinajstić information content (AvgIpc) is 2.97. The molecule has 5 nitrogen and oxygen atoms in total. The molecule has 2 aliphatic rings. The van der Waals surface area contributed by atoms with Crippen LogP contribution in [0.25, 0.3) is 0 Å². The molecule has 0 aliphatic carbocycles. The van der Waals surface area contributed by atoms with Crippen LogP contribution in [0.3, 0.4) is 0 Å². The summed E-state index contributed by atoms with van der Waals surface area (Å²) in [5, 5.41) is 7.12. The topological polar surface area (TPSA) is 44.8 Å². The lowest BCUT2D eigenvalue weighted by atomic mass is 9.80. The quantitative estimate of drug-likeness (QED) is 0.902. The number of ether oxygens (including phenoxy) is 1. The first-order valence-corrected chi connectivity index (χ1v) is 9.38. The molecule has 1 spiro atoms. The Bertz CT molecular complexity index is 508. The van der Waals surface area contributed by atoms with Gasteiger partial charge >= 0.3 is 0 Å². The van der Waals surface area contributed by atoms with E-state index in [1.807, 2.05) is 0 Å². The van der Waals surface area contributed by atoms with Crippen LogP contribution >= 0.6 is 11.3 Å². The SMILES string of the molecule is CNC(=O)CN1CCOC[C@@]2(CCCN(Cc3ccsc3)C2)C1. The highest BCUT2D eigenvalue weighted by Gasteiger charge is 2.39. The van der Waals surface area contributed by atoms with Gasteiger partial charge in [-0.3, -0.25) is 14.6 Å². The van der Waals surface area contributed by atoms with Crippen LogP contribution in [0.2, 0.25) is 0 Å². The van der Waals surface area contributed by atoms with Crippen LogP contribution in [0.1, 0.15) is 18.4 Å². The molecule has 2 aliphatic heterocycles. The third kappa shape index (κ3) is 4.53. The van der Waals surface area contributed by atoms with Crippen molar-refractivity contribution in [1.82, 2.24) is 15.1 Å². The van der Waals surface area contributed by atoms with Gasteiger partial charge in [0, 0.05) is 38.6 Å². The van der Waals surface area contributed by atoms with Crippen LogP contribution in [0.4, 0.5) is 0 Å². The molecular weight excluding hydrogens is 310 g/mol. The van der Waals surface area contributed by atoms with Gasteiger partial charge in [0.15, 0.2) is 0 Å². The van der Waals surface area contributed by atoms with Gasteiger partial charge in [0.1, 0.15) is 0 Å². The number of hydrogen-bond donors (Lipinski definition) is 1. The van der Waals surface area contributed by atoms with E-state index in [-0.39, 0.29) is 11.3 Å². The van der Waals surface area contributed by atoms with Crippen molar-refractivity contribution in [3.05, 3.63) is 22.4 Å². The molecule has 1 atom stereocenters. The average molecular weight is 337 g/mol. The molecule has 0 aromatic carbocycles. The van der Waals surface area contributed by atoms with Gasteiger partial charge in [-0.1, -0.05) is 0 Å². The van der Waals surface area contributed by atoms with Gasteiger partial charge in [-0.2, -0.15) is 11.3 Å². The van der Waals surface area contributed by atoms with Gasteiger partial charge in [0.2, 0.25) is 5.91 Å². The van der Waals surface area contributed by atoms with Crippen LogP contribution in [-0.4, -0.2) is 68.7 Å². The lowest BCUT2D eigenvalue weighted by Gasteiger charge is -2.43. The lowest BCUT2D eigenvalue weighted by molar-refractivity contribution is -0.122. The minimum Gasteiger partial charge on any atom is -0.379 e. The summed E-state index contributed by atoms with van der Waals surface area (Å²) in [6.45, 7) is 7.08. The molecule has 1 aromatic heterocycles. The van der Waals surface area contributed by atoms with E-state index in [4.69, 9.17) is 4.74 Å². The molecule has 3 heterocycles. The summed E-state index contributed by atoms with van der Waals surface area (Å²) < 4.78 is 5.92. The zero-order valence-corrected chi connectivity index (χ0v) is 14.7. The minimum absolute atomic E-state index is 0.0907. The standard InChI is InChI=1S/C17H27N3O2S/c1-18-16(21)10-20-6-7-22-14-17(13-20)4-2-5-19(12-17)9-15-3-8-23-11-15/h3,8,11H,2,4-7,9-10,12-14H2,1H3,(H,18,21)/t17-/m1/s1.